The van der Waals surface area contributed by atoms with Crippen molar-refractivity contribution in [2.24, 2.45) is 0 Å². The molecule has 0 saturated heterocycles. The molecule has 0 bridgehead atoms. The lowest BCUT2D eigenvalue weighted by Gasteiger charge is -2.28. The molecule has 10 rings (SSSR count). The van der Waals surface area contributed by atoms with E-state index in [1.54, 1.807) is 0 Å². The zero-order valence-corrected chi connectivity index (χ0v) is 30.9. The van der Waals surface area contributed by atoms with Crippen molar-refractivity contribution in [1.29, 1.82) is 0 Å². The SMILES string of the molecule is [B]c1c([B])c([B])c(-c2ccc(N(c3ccc(-c4ccc5oc6c(-c7ccccc7)cccc6c5c4)cc3)c3cc4ccccc4c4ccccc34)cc2)c([B])c1[B]. The highest BCUT2D eigenvalue weighted by molar-refractivity contribution is 6.68. The first-order valence-electron chi connectivity index (χ1n) is 18.8. The predicted octanol–water partition coefficient (Wildman–Crippen LogP) is 8.33. The second-order valence-electron chi connectivity index (χ2n) is 14.4. The minimum Gasteiger partial charge on any atom is -0.455 e. The molecule has 0 saturated carbocycles. The van der Waals surface area contributed by atoms with Gasteiger partial charge in [-0.2, -0.15) is 0 Å². The van der Waals surface area contributed by atoms with E-state index in [2.05, 4.69) is 157 Å². The number of para-hydroxylation sites is 1. The standard InChI is InChI=1S/C50H28B5NO/c51-45-44(46(52)48(54)49(55)47(45)53)31-19-24-35(25-20-31)56(42-28-33-11-4-5-12-36(33)38-13-6-7-14-39(38)42)34-22-17-29(18-23-34)32-21-26-43-41(27-32)40-16-8-15-37(50(40)57-43)30-9-2-1-3-10-30/h1-28H. The molecule has 0 N–H and O–H groups in total. The van der Waals surface area contributed by atoms with Crippen LogP contribution in [0.4, 0.5) is 17.1 Å². The van der Waals surface area contributed by atoms with E-state index in [4.69, 9.17) is 43.6 Å². The second-order valence-corrected chi connectivity index (χ2v) is 14.4. The Labute approximate surface area is 338 Å². The van der Waals surface area contributed by atoms with Crippen LogP contribution < -0.4 is 32.2 Å². The zero-order chi connectivity index (χ0) is 38.8. The summed E-state index contributed by atoms with van der Waals surface area (Å²) in [6.07, 6.45) is 0. The van der Waals surface area contributed by atoms with Crippen LogP contribution in [-0.4, -0.2) is 39.2 Å². The maximum absolute atomic E-state index is 6.47. The minimum atomic E-state index is 0.193. The van der Waals surface area contributed by atoms with Gasteiger partial charge in [0.15, 0.2) is 0 Å². The normalized spacial score (nSPS) is 11.5. The molecule has 9 aromatic carbocycles. The van der Waals surface area contributed by atoms with E-state index in [0.29, 0.717) is 16.5 Å². The lowest BCUT2D eigenvalue weighted by Crippen LogP contribution is -2.55. The number of nitrogens with zero attached hydrogens (tertiary/aromatic N) is 1. The van der Waals surface area contributed by atoms with Gasteiger partial charge in [-0.3, -0.25) is 0 Å². The molecule has 0 atom stereocenters. The number of benzene rings is 9. The molecule has 0 aliphatic heterocycles. The minimum absolute atomic E-state index is 0.193. The highest BCUT2D eigenvalue weighted by Crippen LogP contribution is 2.43. The van der Waals surface area contributed by atoms with E-state index in [-0.39, 0.29) is 16.4 Å². The summed E-state index contributed by atoms with van der Waals surface area (Å²) >= 11 is 0. The molecular weight excluding hydrogens is 685 g/mol. The Morgan fingerprint density at radius 1 is 0.368 bits per heavy atom. The van der Waals surface area contributed by atoms with Crippen LogP contribution in [0.3, 0.4) is 0 Å². The number of furan rings is 1. The van der Waals surface area contributed by atoms with E-state index < -0.39 is 0 Å². The van der Waals surface area contributed by atoms with Gasteiger partial charge in [-0.05, 0) is 86.4 Å². The summed E-state index contributed by atoms with van der Waals surface area (Å²) in [5.74, 6) is 0. The smallest absolute Gasteiger partial charge is 0.143 e. The molecule has 10 aromatic rings. The molecule has 0 amide bonds. The molecule has 10 radical (unpaired) electrons. The topological polar surface area (TPSA) is 16.4 Å². The summed E-state index contributed by atoms with van der Waals surface area (Å²) in [5, 5.41) is 6.83. The first kappa shape index (κ1) is 34.9. The summed E-state index contributed by atoms with van der Waals surface area (Å²) in [5.41, 5.74) is 11.7. The summed E-state index contributed by atoms with van der Waals surface area (Å²) in [6.45, 7) is 0. The van der Waals surface area contributed by atoms with Gasteiger partial charge in [0, 0.05) is 33.1 Å². The molecule has 0 unspecified atom stereocenters. The van der Waals surface area contributed by atoms with Gasteiger partial charge in [-0.1, -0.05) is 138 Å². The van der Waals surface area contributed by atoms with E-state index in [1.807, 2.05) is 18.2 Å². The fourth-order valence-corrected chi connectivity index (χ4v) is 8.21. The molecule has 254 valence electrons. The average molecular weight is 713 g/mol. The van der Waals surface area contributed by atoms with Crippen LogP contribution in [-0.2, 0) is 0 Å². The third-order valence-corrected chi connectivity index (χ3v) is 11.1. The Balaban J connectivity index is 1.10. The zero-order valence-electron chi connectivity index (χ0n) is 30.9. The molecule has 0 fully saturated rings. The molecule has 0 aliphatic rings. The lowest BCUT2D eigenvalue weighted by atomic mass is 9.60. The Kier molecular flexibility index (Phi) is 8.49. The fraction of sp³-hybridized carbons (Fsp3) is 0. The third kappa shape index (κ3) is 5.80. The first-order valence-corrected chi connectivity index (χ1v) is 18.8. The summed E-state index contributed by atoms with van der Waals surface area (Å²) in [6, 6.07) is 59.3. The highest BCUT2D eigenvalue weighted by atomic mass is 16.3. The second kappa shape index (κ2) is 13.9. The van der Waals surface area contributed by atoms with Crippen LogP contribution in [0.5, 0.6) is 0 Å². The Bertz CT molecular complexity index is 3150. The summed E-state index contributed by atoms with van der Waals surface area (Å²) in [4.78, 5) is 2.29. The number of fused-ring (bicyclic) bond motifs is 6. The predicted molar refractivity (Wildman–Crippen MR) is 247 cm³/mol. The number of rotatable bonds is 6. The van der Waals surface area contributed by atoms with Gasteiger partial charge < -0.3 is 9.32 Å². The van der Waals surface area contributed by atoms with Gasteiger partial charge >= 0.3 is 0 Å². The number of hydrogen-bond donors (Lipinski definition) is 0. The van der Waals surface area contributed by atoms with Crippen molar-refractivity contribution in [3.63, 3.8) is 0 Å². The Morgan fingerprint density at radius 2 is 0.930 bits per heavy atom. The molecule has 2 nitrogen and oxygen atoms in total. The van der Waals surface area contributed by atoms with Crippen molar-refractivity contribution in [2.45, 2.75) is 0 Å². The molecule has 0 aliphatic carbocycles. The van der Waals surface area contributed by atoms with Gasteiger partial charge in [0.25, 0.3) is 0 Å². The first-order chi connectivity index (χ1) is 27.9. The molecule has 57 heavy (non-hydrogen) atoms. The van der Waals surface area contributed by atoms with Crippen molar-refractivity contribution in [3.8, 4) is 33.4 Å². The maximum atomic E-state index is 6.47. The molecule has 7 heteroatoms. The van der Waals surface area contributed by atoms with Crippen molar-refractivity contribution in [2.75, 3.05) is 4.90 Å². The van der Waals surface area contributed by atoms with Crippen LogP contribution in [0.15, 0.2) is 174 Å². The van der Waals surface area contributed by atoms with Gasteiger partial charge in [0.2, 0.25) is 0 Å². The van der Waals surface area contributed by atoms with Crippen LogP contribution in [0.25, 0.3) is 76.9 Å². The number of anilines is 3. The van der Waals surface area contributed by atoms with E-state index in [1.165, 1.54) is 10.8 Å². The molecule has 0 spiro atoms. The third-order valence-electron chi connectivity index (χ3n) is 11.1. The van der Waals surface area contributed by atoms with Gasteiger partial charge in [0.05, 0.1) is 5.69 Å². The van der Waals surface area contributed by atoms with Crippen molar-refractivity contribution in [1.82, 2.24) is 0 Å². The Morgan fingerprint density at radius 3 is 1.63 bits per heavy atom. The Hall–Kier alpha value is -6.58. The molecule has 1 heterocycles. The maximum Gasteiger partial charge on any atom is 0.143 e. The van der Waals surface area contributed by atoms with Gasteiger partial charge in [0.1, 0.15) is 50.4 Å². The number of hydrogen-bond acceptors (Lipinski definition) is 2. The van der Waals surface area contributed by atoms with Crippen LogP contribution in [0, 0.1) is 0 Å². The summed E-state index contributed by atoms with van der Waals surface area (Å²) < 4.78 is 6.47. The van der Waals surface area contributed by atoms with Gasteiger partial charge in [-0.15, -0.1) is 16.4 Å². The average Bonchev–Trinajstić information content (AvgIpc) is 3.64. The van der Waals surface area contributed by atoms with Gasteiger partial charge in [-0.25, -0.2) is 0 Å². The summed E-state index contributed by atoms with van der Waals surface area (Å²) in [7, 11) is 31.5. The molecular formula is C50H28B5NO. The molecule has 1 aromatic heterocycles. The van der Waals surface area contributed by atoms with Crippen molar-refractivity contribution in [3.05, 3.63) is 170 Å². The van der Waals surface area contributed by atoms with Crippen LogP contribution >= 0.6 is 0 Å². The fourth-order valence-electron chi connectivity index (χ4n) is 8.21. The monoisotopic (exact) mass is 713 g/mol. The van der Waals surface area contributed by atoms with Crippen LogP contribution in [0.2, 0.25) is 0 Å². The van der Waals surface area contributed by atoms with E-state index in [0.717, 1.165) is 77.6 Å². The van der Waals surface area contributed by atoms with E-state index >= 15 is 0 Å². The quantitative estimate of drug-likeness (QED) is 0.127. The largest absolute Gasteiger partial charge is 0.455 e. The van der Waals surface area contributed by atoms with Crippen molar-refractivity contribution < 1.29 is 4.42 Å². The van der Waals surface area contributed by atoms with Crippen molar-refractivity contribution >= 4 is 127 Å². The van der Waals surface area contributed by atoms with Crippen LogP contribution in [0.1, 0.15) is 0 Å². The highest BCUT2D eigenvalue weighted by Gasteiger charge is 2.20. The lowest BCUT2D eigenvalue weighted by molar-refractivity contribution is 0.670. The van der Waals surface area contributed by atoms with E-state index in [9.17, 15) is 0 Å².